The second-order valence-electron chi connectivity index (χ2n) is 5.76. The van der Waals surface area contributed by atoms with Gasteiger partial charge in [0.25, 0.3) is 5.91 Å². The molecule has 0 bridgehead atoms. The van der Waals surface area contributed by atoms with Gasteiger partial charge in [-0.05, 0) is 12.1 Å². The third-order valence-electron chi connectivity index (χ3n) is 4.12. The van der Waals surface area contributed by atoms with E-state index in [-0.39, 0.29) is 17.9 Å². The van der Waals surface area contributed by atoms with Gasteiger partial charge in [0.2, 0.25) is 0 Å². The van der Waals surface area contributed by atoms with Gasteiger partial charge in [0.15, 0.2) is 0 Å². The molecule has 0 aromatic heterocycles. The maximum Gasteiger partial charge on any atom is 0.394 e. The van der Waals surface area contributed by atoms with Crippen molar-refractivity contribution in [3.05, 3.63) is 36.4 Å². The lowest BCUT2D eigenvalue weighted by Crippen LogP contribution is -2.34. The average Bonchev–Trinajstić information content (AvgIpc) is 3.05. The van der Waals surface area contributed by atoms with Gasteiger partial charge in [-0.15, -0.1) is 0 Å². The molecule has 1 aromatic rings. The Bertz CT molecular complexity index is 704. The van der Waals surface area contributed by atoms with Crippen LogP contribution in [0.4, 0.5) is 13.2 Å². The fraction of sp³-hybridized carbons (Fsp3) is 0.412. The van der Waals surface area contributed by atoms with Crippen LogP contribution in [0.25, 0.3) is 0 Å². The molecule has 1 aliphatic rings. The van der Waals surface area contributed by atoms with E-state index in [0.29, 0.717) is 5.75 Å². The Labute approximate surface area is 147 Å². The first-order valence-electron chi connectivity index (χ1n) is 7.69. The Hall–Kier alpha value is -2.71. The minimum Gasteiger partial charge on any atom is -0.497 e. The fourth-order valence-electron chi connectivity index (χ4n) is 2.80. The van der Waals surface area contributed by atoms with E-state index in [4.69, 9.17) is 14.6 Å². The van der Waals surface area contributed by atoms with Crippen molar-refractivity contribution in [1.29, 1.82) is 0 Å². The highest BCUT2D eigenvalue weighted by Gasteiger charge is 2.53. The van der Waals surface area contributed by atoms with Crippen LogP contribution < -0.4 is 9.47 Å². The summed E-state index contributed by atoms with van der Waals surface area (Å²) in [6, 6.07) is 4.28. The van der Waals surface area contributed by atoms with Crippen LogP contribution in [0.3, 0.4) is 0 Å². The van der Waals surface area contributed by atoms with Crippen LogP contribution in [-0.2, 0) is 4.79 Å². The number of hydrogen-bond donors (Lipinski definition) is 1. The zero-order valence-electron chi connectivity index (χ0n) is 14.0. The summed E-state index contributed by atoms with van der Waals surface area (Å²) in [4.78, 5) is 24.7. The predicted octanol–water partition coefficient (Wildman–Crippen LogP) is 2.60. The van der Waals surface area contributed by atoms with Crippen molar-refractivity contribution in [2.75, 3.05) is 26.8 Å². The lowest BCUT2D eigenvalue weighted by Gasteiger charge is -2.19. The van der Waals surface area contributed by atoms with Gasteiger partial charge < -0.3 is 19.5 Å². The topological polar surface area (TPSA) is 76.1 Å². The number of rotatable bonds is 6. The first-order valence-corrected chi connectivity index (χ1v) is 7.69. The van der Waals surface area contributed by atoms with Gasteiger partial charge in [-0.25, -0.2) is 0 Å². The molecule has 1 N–H and O–H groups in total. The first kappa shape index (κ1) is 19.6. The monoisotopic (exact) mass is 373 g/mol. The molecule has 1 aromatic carbocycles. The number of hydrogen-bond acceptors (Lipinski definition) is 4. The summed E-state index contributed by atoms with van der Waals surface area (Å²) in [6.45, 7) is 2.34. The van der Waals surface area contributed by atoms with Gasteiger partial charge in [0.1, 0.15) is 18.1 Å². The number of likely N-dealkylation sites (tertiary alicyclic amines) is 1. The van der Waals surface area contributed by atoms with E-state index >= 15 is 0 Å². The van der Waals surface area contributed by atoms with Crippen molar-refractivity contribution < 1.29 is 37.3 Å². The summed E-state index contributed by atoms with van der Waals surface area (Å²) in [7, 11) is 1.42. The van der Waals surface area contributed by atoms with Gasteiger partial charge in [-0.2, -0.15) is 13.2 Å². The molecule has 0 unspecified atom stereocenters. The molecule has 1 amide bonds. The minimum atomic E-state index is -4.71. The molecule has 0 aliphatic carbocycles. The quantitative estimate of drug-likeness (QED) is 0.776. The maximum absolute atomic E-state index is 13.1. The van der Waals surface area contributed by atoms with Crippen LogP contribution in [0.2, 0.25) is 0 Å². The summed E-state index contributed by atoms with van der Waals surface area (Å²) >= 11 is 0. The Morgan fingerprint density at radius 2 is 2.08 bits per heavy atom. The average molecular weight is 373 g/mol. The van der Waals surface area contributed by atoms with Crippen LogP contribution >= 0.6 is 0 Å². The van der Waals surface area contributed by atoms with Gasteiger partial charge in [-0.1, -0.05) is 12.7 Å². The van der Waals surface area contributed by atoms with E-state index in [9.17, 15) is 22.8 Å². The Morgan fingerprint density at radius 1 is 1.38 bits per heavy atom. The molecule has 0 radical (unpaired) electrons. The lowest BCUT2D eigenvalue weighted by atomic mass is 9.96. The zero-order chi connectivity index (χ0) is 19.5. The molecule has 1 saturated heterocycles. The molecular formula is C17H18F3NO5. The van der Waals surface area contributed by atoms with Crippen LogP contribution in [0.5, 0.6) is 11.5 Å². The number of carbonyl (C=O) groups is 2. The Balaban J connectivity index is 2.31. The number of alkyl halides is 3. The number of benzene rings is 1. The molecule has 1 aliphatic heterocycles. The largest absolute Gasteiger partial charge is 0.497 e. The zero-order valence-corrected chi connectivity index (χ0v) is 14.0. The van der Waals surface area contributed by atoms with Gasteiger partial charge >= 0.3 is 12.1 Å². The van der Waals surface area contributed by atoms with E-state index in [1.807, 2.05) is 0 Å². The van der Waals surface area contributed by atoms with Crippen molar-refractivity contribution in [2.24, 2.45) is 11.8 Å². The third kappa shape index (κ3) is 4.09. The summed E-state index contributed by atoms with van der Waals surface area (Å²) < 4.78 is 49.7. The van der Waals surface area contributed by atoms with Gasteiger partial charge in [0.05, 0.1) is 24.5 Å². The SMILES string of the molecule is C=CCOc1cc(OC)ccc1C(=O)N1C[C@@H](C(F)(F)F)[C@H](C(=O)O)C1. The molecule has 26 heavy (non-hydrogen) atoms. The highest BCUT2D eigenvalue weighted by molar-refractivity contribution is 5.97. The second-order valence-corrected chi connectivity index (χ2v) is 5.76. The van der Waals surface area contributed by atoms with Crippen molar-refractivity contribution in [3.8, 4) is 11.5 Å². The number of nitrogens with zero attached hydrogens (tertiary/aromatic N) is 1. The number of methoxy groups -OCH3 is 1. The lowest BCUT2D eigenvalue weighted by molar-refractivity contribution is -0.187. The van der Waals surface area contributed by atoms with Crippen LogP contribution in [-0.4, -0.2) is 54.9 Å². The predicted molar refractivity (Wildman–Crippen MR) is 85.3 cm³/mol. The summed E-state index contributed by atoms with van der Waals surface area (Å²) in [6.07, 6.45) is -3.26. The molecule has 1 fully saturated rings. The van der Waals surface area contributed by atoms with E-state index in [2.05, 4.69) is 6.58 Å². The van der Waals surface area contributed by atoms with Crippen molar-refractivity contribution in [1.82, 2.24) is 4.90 Å². The maximum atomic E-state index is 13.1. The highest BCUT2D eigenvalue weighted by atomic mass is 19.4. The number of carboxylic acids is 1. The summed E-state index contributed by atoms with van der Waals surface area (Å²) in [5.41, 5.74) is 0.0274. The minimum absolute atomic E-state index is 0.0274. The van der Waals surface area contributed by atoms with Crippen molar-refractivity contribution in [2.45, 2.75) is 6.18 Å². The van der Waals surface area contributed by atoms with Crippen molar-refractivity contribution in [3.63, 3.8) is 0 Å². The first-order chi connectivity index (χ1) is 12.2. The Morgan fingerprint density at radius 3 is 2.58 bits per heavy atom. The number of carboxylic acid groups (broad SMARTS) is 1. The summed E-state index contributed by atoms with van der Waals surface area (Å²) in [5, 5.41) is 9.07. The molecule has 0 spiro atoms. The molecule has 2 rings (SSSR count). The highest BCUT2D eigenvalue weighted by Crippen LogP contribution is 2.39. The van der Waals surface area contributed by atoms with Gasteiger partial charge in [-0.3, -0.25) is 9.59 Å². The Kier molecular flexibility index (Phi) is 5.79. The van der Waals surface area contributed by atoms with E-state index in [1.54, 1.807) is 0 Å². The van der Waals surface area contributed by atoms with E-state index in [1.165, 1.54) is 31.4 Å². The number of amides is 1. The standard InChI is InChI=1S/C17H18F3NO5/c1-3-6-26-14-7-10(25-2)4-5-11(14)15(22)21-8-12(16(23)24)13(9-21)17(18,19)20/h3-5,7,12-13H,1,6,8-9H2,2H3,(H,23,24)/t12-,13-/m1/s1. The normalized spacial score (nSPS) is 19.9. The third-order valence-corrected chi connectivity index (χ3v) is 4.12. The second kappa shape index (κ2) is 7.67. The van der Waals surface area contributed by atoms with Crippen molar-refractivity contribution >= 4 is 11.9 Å². The molecule has 2 atom stereocenters. The van der Waals surface area contributed by atoms with Gasteiger partial charge in [0, 0.05) is 19.2 Å². The molecule has 142 valence electrons. The molecule has 6 nitrogen and oxygen atoms in total. The van der Waals surface area contributed by atoms with Crippen LogP contribution in [0.1, 0.15) is 10.4 Å². The number of aliphatic carboxylic acids is 1. The smallest absolute Gasteiger partial charge is 0.394 e. The fourth-order valence-corrected chi connectivity index (χ4v) is 2.80. The summed E-state index contributed by atoms with van der Waals surface area (Å²) in [5.74, 6) is -5.60. The number of carbonyl (C=O) groups excluding carboxylic acids is 1. The van der Waals surface area contributed by atoms with E-state index < -0.39 is 43.0 Å². The number of halogens is 3. The van der Waals surface area contributed by atoms with Crippen LogP contribution in [0, 0.1) is 11.8 Å². The van der Waals surface area contributed by atoms with E-state index in [0.717, 1.165) is 4.90 Å². The number of ether oxygens (including phenoxy) is 2. The van der Waals surface area contributed by atoms with Crippen LogP contribution in [0.15, 0.2) is 30.9 Å². The molecular weight excluding hydrogens is 355 g/mol. The molecule has 9 heteroatoms. The molecule has 1 heterocycles. The molecule has 0 saturated carbocycles.